The van der Waals surface area contributed by atoms with E-state index in [0.717, 1.165) is 18.5 Å². The van der Waals surface area contributed by atoms with Gasteiger partial charge in [-0.15, -0.1) is 5.10 Å². The number of carbonyl (C=O) groups excluding carboxylic acids is 1. The lowest BCUT2D eigenvalue weighted by Gasteiger charge is -2.13. The van der Waals surface area contributed by atoms with Gasteiger partial charge in [-0.25, -0.2) is 4.68 Å². The molecule has 0 fully saturated rings. The summed E-state index contributed by atoms with van der Waals surface area (Å²) in [6.45, 7) is 3.83. The lowest BCUT2D eigenvalue weighted by molar-refractivity contribution is 0.0932. The second kappa shape index (κ2) is 8.15. The van der Waals surface area contributed by atoms with Crippen LogP contribution in [0.25, 0.3) is 5.69 Å². The minimum Gasteiger partial charge on any atom is -0.348 e. The molecule has 1 N–H and O–H groups in total. The highest BCUT2D eigenvalue weighted by Gasteiger charge is 2.18. The van der Waals surface area contributed by atoms with E-state index in [-0.39, 0.29) is 11.9 Å². The van der Waals surface area contributed by atoms with E-state index < -0.39 is 0 Å². The molecule has 1 heterocycles. The maximum absolute atomic E-state index is 12.5. The first-order valence-corrected chi connectivity index (χ1v) is 8.95. The normalized spacial score (nSPS) is 12.0. The van der Waals surface area contributed by atoms with Gasteiger partial charge in [0.05, 0.1) is 11.4 Å². The third kappa shape index (κ3) is 4.29. The van der Waals surface area contributed by atoms with Crippen LogP contribution in [0.15, 0.2) is 54.6 Å². The summed E-state index contributed by atoms with van der Waals surface area (Å²) in [5.41, 5.74) is 3.11. The van der Waals surface area contributed by atoms with E-state index >= 15 is 0 Å². The van der Waals surface area contributed by atoms with Crippen LogP contribution < -0.4 is 5.32 Å². The molecule has 0 spiro atoms. The van der Waals surface area contributed by atoms with E-state index in [1.54, 1.807) is 16.8 Å². The maximum atomic E-state index is 12.5. The SMILES string of the molecule is Cc1c(C(=O)NC(C)CCc2ccccc2)nnn1-c1ccc(Cl)cc1. The standard InChI is InChI=1S/C20H21ClN4O/c1-14(8-9-16-6-4-3-5-7-16)22-20(26)19-15(2)25(24-23-19)18-12-10-17(21)11-13-18/h3-7,10-14H,8-9H2,1-2H3,(H,22,26). The summed E-state index contributed by atoms with van der Waals surface area (Å²) >= 11 is 5.92. The van der Waals surface area contributed by atoms with Gasteiger partial charge < -0.3 is 5.32 Å². The zero-order chi connectivity index (χ0) is 18.5. The van der Waals surface area contributed by atoms with Crippen molar-refractivity contribution in [3.05, 3.63) is 76.6 Å². The minimum absolute atomic E-state index is 0.0442. The van der Waals surface area contributed by atoms with Crippen molar-refractivity contribution in [2.24, 2.45) is 0 Å². The van der Waals surface area contributed by atoms with E-state index in [1.165, 1.54) is 5.56 Å². The van der Waals surface area contributed by atoms with Crippen molar-refractivity contribution in [3.63, 3.8) is 0 Å². The van der Waals surface area contributed by atoms with Gasteiger partial charge in [-0.3, -0.25) is 4.79 Å². The Labute approximate surface area is 158 Å². The Morgan fingerprint density at radius 3 is 2.54 bits per heavy atom. The molecule has 0 saturated carbocycles. The molecule has 134 valence electrons. The summed E-state index contributed by atoms with van der Waals surface area (Å²) in [5, 5.41) is 11.8. The van der Waals surface area contributed by atoms with Gasteiger partial charge in [-0.05, 0) is 56.5 Å². The van der Waals surface area contributed by atoms with Crippen molar-refractivity contribution in [3.8, 4) is 5.69 Å². The van der Waals surface area contributed by atoms with Crippen LogP contribution in [0, 0.1) is 6.92 Å². The van der Waals surface area contributed by atoms with Crippen LogP contribution in [-0.4, -0.2) is 26.9 Å². The van der Waals surface area contributed by atoms with Gasteiger partial charge >= 0.3 is 0 Å². The van der Waals surface area contributed by atoms with Gasteiger partial charge in [0.25, 0.3) is 5.91 Å². The molecule has 1 aromatic heterocycles. The summed E-state index contributed by atoms with van der Waals surface area (Å²) in [5.74, 6) is -0.205. The number of carbonyl (C=O) groups is 1. The van der Waals surface area contributed by atoms with E-state index in [4.69, 9.17) is 11.6 Å². The fourth-order valence-corrected chi connectivity index (χ4v) is 2.88. The predicted molar refractivity (Wildman–Crippen MR) is 103 cm³/mol. The molecule has 3 aromatic rings. The van der Waals surface area contributed by atoms with Crippen molar-refractivity contribution in [2.45, 2.75) is 32.7 Å². The molecule has 26 heavy (non-hydrogen) atoms. The number of hydrogen-bond donors (Lipinski definition) is 1. The first-order chi connectivity index (χ1) is 12.5. The first-order valence-electron chi connectivity index (χ1n) is 8.57. The Balaban J connectivity index is 1.63. The molecule has 0 aliphatic rings. The number of hydrogen-bond acceptors (Lipinski definition) is 3. The third-order valence-electron chi connectivity index (χ3n) is 4.27. The molecule has 1 unspecified atom stereocenters. The highest BCUT2D eigenvalue weighted by Crippen LogP contribution is 2.16. The topological polar surface area (TPSA) is 59.8 Å². The maximum Gasteiger partial charge on any atom is 0.273 e. The second-order valence-corrected chi connectivity index (χ2v) is 6.75. The van der Waals surface area contributed by atoms with Crippen LogP contribution in [0.5, 0.6) is 0 Å². The van der Waals surface area contributed by atoms with Crippen molar-refractivity contribution in [1.82, 2.24) is 20.3 Å². The molecule has 0 radical (unpaired) electrons. The van der Waals surface area contributed by atoms with Gasteiger partial charge in [-0.1, -0.05) is 47.1 Å². The van der Waals surface area contributed by atoms with Crippen LogP contribution >= 0.6 is 11.6 Å². The van der Waals surface area contributed by atoms with Crippen molar-refractivity contribution < 1.29 is 4.79 Å². The fraction of sp³-hybridized carbons (Fsp3) is 0.250. The lowest BCUT2D eigenvalue weighted by Crippen LogP contribution is -2.33. The molecule has 3 rings (SSSR count). The van der Waals surface area contributed by atoms with Gasteiger partial charge in [0, 0.05) is 11.1 Å². The molecule has 2 aromatic carbocycles. The van der Waals surface area contributed by atoms with Crippen molar-refractivity contribution in [2.75, 3.05) is 0 Å². The average molecular weight is 369 g/mol. The molecular formula is C20H21ClN4O. The van der Waals surface area contributed by atoms with Crippen molar-refractivity contribution >= 4 is 17.5 Å². The third-order valence-corrected chi connectivity index (χ3v) is 4.52. The zero-order valence-electron chi connectivity index (χ0n) is 14.8. The van der Waals surface area contributed by atoms with E-state index in [2.05, 4.69) is 27.8 Å². The van der Waals surface area contributed by atoms with Crippen LogP contribution in [0.2, 0.25) is 5.02 Å². The number of aromatic nitrogens is 3. The Kier molecular flexibility index (Phi) is 5.68. The lowest BCUT2D eigenvalue weighted by atomic mass is 10.1. The second-order valence-electron chi connectivity index (χ2n) is 6.31. The number of nitrogens with one attached hydrogen (secondary N) is 1. The number of rotatable bonds is 6. The Morgan fingerprint density at radius 1 is 1.15 bits per heavy atom. The summed E-state index contributed by atoms with van der Waals surface area (Å²) in [6.07, 6.45) is 1.78. The number of benzene rings is 2. The first kappa shape index (κ1) is 18.1. The summed E-state index contributed by atoms with van der Waals surface area (Å²) in [4.78, 5) is 12.5. The number of aryl methyl sites for hydroxylation is 1. The van der Waals surface area contributed by atoms with Gasteiger partial charge in [0.15, 0.2) is 5.69 Å². The highest BCUT2D eigenvalue weighted by atomic mass is 35.5. The predicted octanol–water partition coefficient (Wildman–Crippen LogP) is 3.98. The number of nitrogens with zero attached hydrogens (tertiary/aromatic N) is 3. The number of amides is 1. The van der Waals surface area contributed by atoms with Gasteiger partial charge in [-0.2, -0.15) is 0 Å². The molecule has 0 saturated heterocycles. The van der Waals surface area contributed by atoms with Crippen LogP contribution in [0.1, 0.15) is 35.1 Å². The molecular weight excluding hydrogens is 348 g/mol. The van der Waals surface area contributed by atoms with E-state index in [0.29, 0.717) is 16.4 Å². The molecule has 6 heteroatoms. The largest absolute Gasteiger partial charge is 0.348 e. The smallest absolute Gasteiger partial charge is 0.273 e. The van der Waals surface area contributed by atoms with E-state index in [1.807, 2.05) is 44.2 Å². The van der Waals surface area contributed by atoms with Gasteiger partial charge in [0.2, 0.25) is 0 Å². The highest BCUT2D eigenvalue weighted by molar-refractivity contribution is 6.30. The Morgan fingerprint density at radius 2 is 1.85 bits per heavy atom. The molecule has 0 aliphatic carbocycles. The van der Waals surface area contributed by atoms with Gasteiger partial charge in [0.1, 0.15) is 0 Å². The molecule has 1 atom stereocenters. The summed E-state index contributed by atoms with van der Waals surface area (Å²) < 4.78 is 1.64. The Hall–Kier alpha value is -2.66. The Bertz CT molecular complexity index is 875. The minimum atomic E-state index is -0.205. The fourth-order valence-electron chi connectivity index (χ4n) is 2.76. The quantitative estimate of drug-likeness (QED) is 0.715. The summed E-state index contributed by atoms with van der Waals surface area (Å²) in [7, 11) is 0. The van der Waals surface area contributed by atoms with Crippen molar-refractivity contribution in [1.29, 1.82) is 0 Å². The van der Waals surface area contributed by atoms with Crippen LogP contribution in [0.4, 0.5) is 0 Å². The summed E-state index contributed by atoms with van der Waals surface area (Å²) in [6, 6.07) is 17.5. The molecule has 0 aliphatic heterocycles. The number of halogens is 1. The molecule has 0 bridgehead atoms. The monoisotopic (exact) mass is 368 g/mol. The van der Waals surface area contributed by atoms with Crippen LogP contribution in [-0.2, 0) is 6.42 Å². The zero-order valence-corrected chi connectivity index (χ0v) is 15.6. The van der Waals surface area contributed by atoms with E-state index in [9.17, 15) is 4.79 Å². The molecule has 5 nitrogen and oxygen atoms in total. The molecule has 1 amide bonds. The van der Waals surface area contributed by atoms with Crippen LogP contribution in [0.3, 0.4) is 0 Å². The average Bonchev–Trinajstić information content (AvgIpc) is 3.03.